The maximum Gasteiger partial charge on any atom is 0.294 e. The van der Waals surface area contributed by atoms with E-state index in [4.69, 9.17) is 4.74 Å². The summed E-state index contributed by atoms with van der Waals surface area (Å²) in [6.07, 6.45) is 3.57. The third kappa shape index (κ3) is 4.36. The molecule has 0 radical (unpaired) electrons. The van der Waals surface area contributed by atoms with Crippen LogP contribution in [-0.4, -0.2) is 36.6 Å². The fraction of sp³-hybridized carbons (Fsp3) is 0.286. The molecular formula is C21H22N6OS2. The Kier molecular flexibility index (Phi) is 6.39. The minimum atomic E-state index is 0.361. The molecule has 30 heavy (non-hydrogen) atoms. The van der Waals surface area contributed by atoms with Crippen molar-refractivity contribution in [1.82, 2.24) is 29.9 Å². The number of nitrogens with zero attached hydrogens (tertiary/aromatic N) is 6. The summed E-state index contributed by atoms with van der Waals surface area (Å²) in [5.74, 6) is 1.77. The van der Waals surface area contributed by atoms with Gasteiger partial charge < -0.3 is 4.74 Å². The fourth-order valence-electron chi connectivity index (χ4n) is 3.05. The van der Waals surface area contributed by atoms with Crippen molar-refractivity contribution in [3.8, 4) is 22.3 Å². The Morgan fingerprint density at radius 3 is 2.70 bits per heavy atom. The number of rotatable bonds is 8. The molecule has 0 bridgehead atoms. The smallest absolute Gasteiger partial charge is 0.294 e. The van der Waals surface area contributed by atoms with Crippen LogP contribution in [0.2, 0.25) is 0 Å². The lowest BCUT2D eigenvalue weighted by atomic mass is 10.0. The van der Waals surface area contributed by atoms with E-state index in [0.717, 1.165) is 27.2 Å². The van der Waals surface area contributed by atoms with Crippen molar-refractivity contribution >= 4 is 23.1 Å². The SMILES string of the molecule is CCOc1nnc(CSc2nnc(-c3cccnc3)n2-c2ccccc2C(C)C)s1. The first-order valence-corrected chi connectivity index (χ1v) is 11.5. The van der Waals surface area contributed by atoms with E-state index < -0.39 is 0 Å². The number of hydrogen-bond acceptors (Lipinski definition) is 8. The van der Waals surface area contributed by atoms with Crippen LogP contribution in [-0.2, 0) is 5.75 Å². The molecular weight excluding hydrogens is 416 g/mol. The molecule has 0 fully saturated rings. The second-order valence-electron chi connectivity index (χ2n) is 6.78. The lowest BCUT2D eigenvalue weighted by Crippen LogP contribution is -2.05. The van der Waals surface area contributed by atoms with E-state index in [0.29, 0.717) is 23.5 Å². The first-order valence-electron chi connectivity index (χ1n) is 9.70. The van der Waals surface area contributed by atoms with Crippen molar-refractivity contribution < 1.29 is 4.74 Å². The molecule has 4 aromatic rings. The zero-order valence-electron chi connectivity index (χ0n) is 17.0. The van der Waals surface area contributed by atoms with Crippen LogP contribution in [0.25, 0.3) is 17.1 Å². The van der Waals surface area contributed by atoms with Crippen LogP contribution in [0.4, 0.5) is 0 Å². The summed E-state index contributed by atoms with van der Waals surface area (Å²) in [5, 5.41) is 19.6. The molecule has 154 valence electrons. The molecule has 0 amide bonds. The molecule has 0 saturated carbocycles. The number of pyridine rings is 1. The van der Waals surface area contributed by atoms with Crippen molar-refractivity contribution in [2.75, 3.05) is 6.61 Å². The lowest BCUT2D eigenvalue weighted by Gasteiger charge is -2.16. The predicted octanol–water partition coefficient (Wildman–Crippen LogP) is 5.00. The van der Waals surface area contributed by atoms with Gasteiger partial charge in [0.15, 0.2) is 11.0 Å². The minimum absolute atomic E-state index is 0.361. The Morgan fingerprint density at radius 2 is 1.93 bits per heavy atom. The molecule has 7 nitrogen and oxygen atoms in total. The summed E-state index contributed by atoms with van der Waals surface area (Å²) in [6, 6.07) is 12.3. The van der Waals surface area contributed by atoms with Gasteiger partial charge in [0.25, 0.3) is 5.19 Å². The number of aromatic nitrogens is 6. The van der Waals surface area contributed by atoms with Crippen LogP contribution >= 0.6 is 23.1 Å². The summed E-state index contributed by atoms with van der Waals surface area (Å²) in [7, 11) is 0. The molecule has 1 aromatic carbocycles. The first-order chi connectivity index (χ1) is 14.7. The maximum atomic E-state index is 5.43. The van der Waals surface area contributed by atoms with E-state index in [2.05, 4.69) is 62.0 Å². The zero-order chi connectivity index (χ0) is 20.9. The average molecular weight is 439 g/mol. The van der Waals surface area contributed by atoms with Crippen molar-refractivity contribution in [3.63, 3.8) is 0 Å². The zero-order valence-corrected chi connectivity index (χ0v) is 18.7. The second kappa shape index (κ2) is 9.36. The molecule has 0 aliphatic rings. The molecule has 0 atom stereocenters. The van der Waals surface area contributed by atoms with E-state index in [9.17, 15) is 0 Å². The molecule has 0 aliphatic carbocycles. The monoisotopic (exact) mass is 438 g/mol. The van der Waals surface area contributed by atoms with Gasteiger partial charge in [-0.1, -0.05) is 55.1 Å². The Balaban J connectivity index is 1.73. The van der Waals surface area contributed by atoms with E-state index in [-0.39, 0.29) is 0 Å². The Bertz CT molecular complexity index is 1110. The van der Waals surface area contributed by atoms with Crippen LogP contribution in [0.3, 0.4) is 0 Å². The quantitative estimate of drug-likeness (QED) is 0.358. The highest BCUT2D eigenvalue weighted by molar-refractivity contribution is 7.98. The van der Waals surface area contributed by atoms with E-state index >= 15 is 0 Å². The Labute approximate surface area is 183 Å². The van der Waals surface area contributed by atoms with Gasteiger partial charge >= 0.3 is 0 Å². The Hall–Kier alpha value is -2.78. The molecule has 0 aliphatic heterocycles. The van der Waals surface area contributed by atoms with E-state index in [1.165, 1.54) is 16.9 Å². The first kappa shape index (κ1) is 20.5. The highest BCUT2D eigenvalue weighted by Gasteiger charge is 2.20. The maximum absolute atomic E-state index is 5.43. The molecule has 9 heteroatoms. The van der Waals surface area contributed by atoms with Crippen molar-refractivity contribution in [2.45, 2.75) is 37.6 Å². The minimum Gasteiger partial charge on any atom is -0.469 e. The molecule has 0 N–H and O–H groups in total. The molecule has 3 heterocycles. The predicted molar refractivity (Wildman–Crippen MR) is 119 cm³/mol. The van der Waals surface area contributed by atoms with Gasteiger partial charge in [0, 0.05) is 18.0 Å². The standard InChI is InChI=1S/C21H22N6OS2/c1-4-28-21-26-23-18(30-21)13-29-20-25-24-19(15-8-7-11-22-12-15)27(20)17-10-6-5-9-16(17)14(2)3/h5-12,14H,4,13H2,1-3H3. The van der Waals surface area contributed by atoms with Gasteiger partial charge in [-0.15, -0.1) is 20.4 Å². The molecule has 4 rings (SSSR count). The van der Waals surface area contributed by atoms with Gasteiger partial charge in [-0.2, -0.15) is 0 Å². The van der Waals surface area contributed by atoms with Crippen LogP contribution in [0.1, 0.15) is 37.3 Å². The summed E-state index contributed by atoms with van der Waals surface area (Å²) >= 11 is 3.04. The number of thioether (sulfide) groups is 1. The Morgan fingerprint density at radius 1 is 1.07 bits per heavy atom. The van der Waals surface area contributed by atoms with Crippen LogP contribution < -0.4 is 4.74 Å². The summed E-state index contributed by atoms with van der Waals surface area (Å²) < 4.78 is 7.54. The van der Waals surface area contributed by atoms with E-state index in [1.54, 1.807) is 18.0 Å². The number of ether oxygens (including phenoxy) is 1. The fourth-order valence-corrected chi connectivity index (χ4v) is 4.72. The van der Waals surface area contributed by atoms with Crippen molar-refractivity contribution in [3.05, 3.63) is 59.4 Å². The molecule has 0 spiro atoms. The van der Waals surface area contributed by atoms with Gasteiger partial charge in [0.05, 0.1) is 18.0 Å². The number of para-hydroxylation sites is 1. The second-order valence-corrected chi connectivity index (χ2v) is 8.75. The van der Waals surface area contributed by atoms with Crippen LogP contribution in [0, 0.1) is 0 Å². The van der Waals surface area contributed by atoms with Gasteiger partial charge in [0.1, 0.15) is 5.01 Å². The normalized spacial score (nSPS) is 11.2. The van der Waals surface area contributed by atoms with Gasteiger partial charge in [0.2, 0.25) is 0 Å². The highest BCUT2D eigenvalue weighted by atomic mass is 32.2. The highest BCUT2D eigenvalue weighted by Crippen LogP contribution is 2.33. The summed E-state index contributed by atoms with van der Waals surface area (Å²) in [5.41, 5.74) is 3.23. The van der Waals surface area contributed by atoms with Crippen LogP contribution in [0.15, 0.2) is 53.9 Å². The van der Waals surface area contributed by atoms with Crippen molar-refractivity contribution in [2.24, 2.45) is 0 Å². The molecule has 0 saturated heterocycles. The lowest BCUT2D eigenvalue weighted by molar-refractivity contribution is 0.335. The molecule has 0 unspecified atom stereocenters. The average Bonchev–Trinajstić information content (AvgIpc) is 3.40. The van der Waals surface area contributed by atoms with Gasteiger partial charge in [-0.05, 0) is 36.6 Å². The largest absolute Gasteiger partial charge is 0.469 e. The summed E-state index contributed by atoms with van der Waals surface area (Å²) in [4.78, 5) is 4.26. The third-order valence-electron chi connectivity index (χ3n) is 4.39. The van der Waals surface area contributed by atoms with Crippen LogP contribution in [0.5, 0.6) is 5.19 Å². The summed E-state index contributed by atoms with van der Waals surface area (Å²) in [6.45, 7) is 6.90. The number of hydrogen-bond donors (Lipinski definition) is 0. The topological polar surface area (TPSA) is 78.6 Å². The molecule has 3 aromatic heterocycles. The van der Waals surface area contributed by atoms with E-state index in [1.807, 2.05) is 31.3 Å². The van der Waals surface area contributed by atoms with Gasteiger partial charge in [-0.25, -0.2) is 0 Å². The number of benzene rings is 1. The van der Waals surface area contributed by atoms with Crippen molar-refractivity contribution in [1.29, 1.82) is 0 Å². The third-order valence-corrected chi connectivity index (χ3v) is 6.35. The van der Waals surface area contributed by atoms with Gasteiger partial charge in [-0.3, -0.25) is 9.55 Å².